The summed E-state index contributed by atoms with van der Waals surface area (Å²) in [5.74, 6) is 0.261. The average Bonchev–Trinajstić information content (AvgIpc) is 1.80. The molecule has 3 heteroatoms. The third-order valence-corrected chi connectivity index (χ3v) is 1.57. The second kappa shape index (κ2) is 4.24. The molecule has 0 spiro atoms. The molecular weight excluding hydrogens is 159 g/mol. The van der Waals surface area contributed by atoms with E-state index in [9.17, 15) is 0 Å². The van der Waals surface area contributed by atoms with Crippen molar-refractivity contribution in [3.63, 3.8) is 0 Å². The molecule has 0 unspecified atom stereocenters. The third kappa shape index (κ3) is 2.51. The van der Waals surface area contributed by atoms with E-state index in [1.807, 2.05) is 6.92 Å². The molecule has 1 radical (unpaired) electrons. The molecule has 1 nitrogen and oxygen atoms in total. The number of phenols is 1. The molecule has 0 bridgehead atoms. The van der Waals surface area contributed by atoms with E-state index in [0.717, 1.165) is 5.56 Å². The fourth-order valence-corrected chi connectivity index (χ4v) is 0.746. The zero-order chi connectivity index (χ0) is 6.85. The van der Waals surface area contributed by atoms with E-state index in [0.29, 0.717) is 5.02 Å². The molecule has 1 aromatic carbocycles. The summed E-state index contributed by atoms with van der Waals surface area (Å²) in [6, 6.07) is 4.86. The molecule has 1 rings (SSSR count). The molecule has 0 aliphatic carbocycles. The molecule has 0 atom stereocenters. The van der Waals surface area contributed by atoms with Gasteiger partial charge in [0.25, 0.3) is 0 Å². The number of hydrogen-bond acceptors (Lipinski definition) is 1. The summed E-state index contributed by atoms with van der Waals surface area (Å²) in [4.78, 5) is 0. The minimum atomic E-state index is 0. The number of aromatic hydroxyl groups is 1. The van der Waals surface area contributed by atoms with Gasteiger partial charge < -0.3 is 5.11 Å². The van der Waals surface area contributed by atoms with Gasteiger partial charge in [0.15, 0.2) is 0 Å². The molecule has 0 fully saturated rings. The van der Waals surface area contributed by atoms with Crippen LogP contribution in [0.2, 0.25) is 5.02 Å². The molecular formula is C7H7ClNaO. The Bertz CT molecular complexity index is 225. The maximum Gasteiger partial charge on any atom is 0.115 e. The fraction of sp³-hybridized carbons (Fsp3) is 0.143. The Kier molecular flexibility index (Phi) is 4.37. The van der Waals surface area contributed by atoms with E-state index in [4.69, 9.17) is 16.7 Å². The van der Waals surface area contributed by atoms with Crippen LogP contribution >= 0.6 is 11.6 Å². The van der Waals surface area contributed by atoms with Gasteiger partial charge in [-0.3, -0.25) is 0 Å². The van der Waals surface area contributed by atoms with Crippen LogP contribution in [-0.4, -0.2) is 34.7 Å². The molecule has 0 saturated heterocycles. The van der Waals surface area contributed by atoms with Crippen molar-refractivity contribution in [1.29, 1.82) is 0 Å². The molecule has 10 heavy (non-hydrogen) atoms. The van der Waals surface area contributed by atoms with Gasteiger partial charge in [0.05, 0.1) is 0 Å². The minimum Gasteiger partial charge on any atom is -0.508 e. The van der Waals surface area contributed by atoms with E-state index in [1.54, 1.807) is 18.2 Å². The Balaban J connectivity index is 0.000000810. The normalized spacial score (nSPS) is 8.60. The smallest absolute Gasteiger partial charge is 0.115 e. The first-order chi connectivity index (χ1) is 4.20. The van der Waals surface area contributed by atoms with Crippen molar-refractivity contribution in [1.82, 2.24) is 0 Å². The maximum absolute atomic E-state index is 8.88. The van der Waals surface area contributed by atoms with Gasteiger partial charge in [0.2, 0.25) is 0 Å². The molecule has 49 valence electrons. The monoisotopic (exact) mass is 165 g/mol. The van der Waals surface area contributed by atoms with Crippen molar-refractivity contribution >= 4 is 41.2 Å². The Labute approximate surface area is 87.3 Å². The summed E-state index contributed by atoms with van der Waals surface area (Å²) in [5.41, 5.74) is 0.900. The summed E-state index contributed by atoms with van der Waals surface area (Å²) < 4.78 is 0. The number of rotatable bonds is 0. The number of benzene rings is 1. The fourth-order valence-electron chi connectivity index (χ4n) is 0.629. The van der Waals surface area contributed by atoms with Crippen LogP contribution in [-0.2, 0) is 0 Å². The third-order valence-electron chi connectivity index (χ3n) is 1.14. The van der Waals surface area contributed by atoms with Crippen LogP contribution in [0.25, 0.3) is 0 Å². The van der Waals surface area contributed by atoms with Gasteiger partial charge in [-0.15, -0.1) is 0 Å². The van der Waals surface area contributed by atoms with Crippen molar-refractivity contribution in [3.05, 3.63) is 28.8 Å². The second-order valence-corrected chi connectivity index (χ2v) is 2.34. The first-order valence-corrected chi connectivity index (χ1v) is 3.03. The standard InChI is InChI=1S/C7H7ClO.Na/c1-5-4-6(9)2-3-7(5)8;/h2-4,9H,1H3;. The number of halogens is 1. The Hall–Kier alpha value is 0.310. The summed E-state index contributed by atoms with van der Waals surface area (Å²) >= 11 is 5.67. The van der Waals surface area contributed by atoms with Gasteiger partial charge in [-0.25, -0.2) is 0 Å². The number of hydrogen-bond donors (Lipinski definition) is 1. The molecule has 0 aliphatic heterocycles. The van der Waals surface area contributed by atoms with Crippen LogP contribution in [0.15, 0.2) is 18.2 Å². The predicted molar refractivity (Wildman–Crippen MR) is 43.6 cm³/mol. The van der Waals surface area contributed by atoms with Crippen LogP contribution < -0.4 is 0 Å². The largest absolute Gasteiger partial charge is 0.508 e. The Morgan fingerprint density at radius 1 is 1.40 bits per heavy atom. The quantitative estimate of drug-likeness (QED) is 0.583. The first kappa shape index (κ1) is 10.3. The van der Waals surface area contributed by atoms with Gasteiger partial charge in [-0.1, -0.05) is 11.6 Å². The van der Waals surface area contributed by atoms with E-state index < -0.39 is 0 Å². The van der Waals surface area contributed by atoms with Crippen molar-refractivity contribution < 1.29 is 5.11 Å². The van der Waals surface area contributed by atoms with Crippen LogP contribution in [0.1, 0.15) is 5.56 Å². The van der Waals surface area contributed by atoms with Crippen molar-refractivity contribution in [2.24, 2.45) is 0 Å². The average molecular weight is 166 g/mol. The van der Waals surface area contributed by atoms with E-state index in [-0.39, 0.29) is 35.3 Å². The zero-order valence-electron chi connectivity index (χ0n) is 6.06. The van der Waals surface area contributed by atoms with Crippen LogP contribution in [0, 0.1) is 6.92 Å². The Morgan fingerprint density at radius 2 is 2.00 bits per heavy atom. The molecule has 0 aromatic heterocycles. The van der Waals surface area contributed by atoms with E-state index >= 15 is 0 Å². The maximum atomic E-state index is 8.88. The number of aryl methyl sites for hydroxylation is 1. The van der Waals surface area contributed by atoms with Crippen molar-refractivity contribution in [3.8, 4) is 5.75 Å². The molecule has 0 saturated carbocycles. The zero-order valence-corrected chi connectivity index (χ0v) is 8.81. The molecule has 0 heterocycles. The number of phenolic OH excluding ortho intramolecular Hbond substituents is 1. The molecule has 0 aliphatic rings. The van der Waals surface area contributed by atoms with Gasteiger partial charge in [0, 0.05) is 34.6 Å². The van der Waals surface area contributed by atoms with E-state index in [2.05, 4.69) is 0 Å². The minimum absolute atomic E-state index is 0. The molecule has 0 amide bonds. The molecule has 1 N–H and O–H groups in total. The topological polar surface area (TPSA) is 20.2 Å². The van der Waals surface area contributed by atoms with Crippen LogP contribution in [0.3, 0.4) is 0 Å². The van der Waals surface area contributed by atoms with Crippen LogP contribution in [0.5, 0.6) is 5.75 Å². The predicted octanol–water partition coefficient (Wildman–Crippen LogP) is 1.97. The molecule has 1 aromatic rings. The SMILES string of the molecule is Cc1cc(O)ccc1Cl.[Na]. The Morgan fingerprint density at radius 3 is 2.40 bits per heavy atom. The van der Waals surface area contributed by atoms with Gasteiger partial charge in [0.1, 0.15) is 5.75 Å². The van der Waals surface area contributed by atoms with Crippen LogP contribution in [0.4, 0.5) is 0 Å². The van der Waals surface area contributed by atoms with Crippen molar-refractivity contribution in [2.75, 3.05) is 0 Å². The summed E-state index contributed by atoms with van der Waals surface area (Å²) in [6.45, 7) is 1.85. The van der Waals surface area contributed by atoms with Gasteiger partial charge in [-0.05, 0) is 30.7 Å². The van der Waals surface area contributed by atoms with Gasteiger partial charge >= 0.3 is 0 Å². The first-order valence-electron chi connectivity index (χ1n) is 2.65. The summed E-state index contributed by atoms with van der Waals surface area (Å²) in [6.07, 6.45) is 0. The van der Waals surface area contributed by atoms with E-state index in [1.165, 1.54) is 0 Å². The summed E-state index contributed by atoms with van der Waals surface area (Å²) in [5, 5.41) is 9.57. The summed E-state index contributed by atoms with van der Waals surface area (Å²) in [7, 11) is 0. The van der Waals surface area contributed by atoms with Gasteiger partial charge in [-0.2, -0.15) is 0 Å². The van der Waals surface area contributed by atoms with Crippen molar-refractivity contribution in [2.45, 2.75) is 6.92 Å². The second-order valence-electron chi connectivity index (χ2n) is 1.93.